The summed E-state index contributed by atoms with van der Waals surface area (Å²) in [6, 6.07) is 17.2. The molecule has 1 saturated heterocycles. The van der Waals surface area contributed by atoms with Gasteiger partial charge < -0.3 is 9.47 Å². The van der Waals surface area contributed by atoms with Crippen LogP contribution in [0.25, 0.3) is 5.69 Å². The van der Waals surface area contributed by atoms with Crippen LogP contribution in [0.5, 0.6) is 0 Å². The Bertz CT molecular complexity index is 1070. The summed E-state index contributed by atoms with van der Waals surface area (Å²) in [7, 11) is 0. The highest BCUT2D eigenvalue weighted by molar-refractivity contribution is 9.10. The minimum Gasteiger partial charge on any atom is -0.341 e. The van der Waals surface area contributed by atoms with Crippen molar-refractivity contribution >= 4 is 32.9 Å². The summed E-state index contributed by atoms with van der Waals surface area (Å²) >= 11 is 5.43. The molecule has 2 aromatic heterocycles. The number of thioether (sulfide) groups is 1. The molecule has 0 bridgehead atoms. The first-order valence-corrected chi connectivity index (χ1v) is 11.6. The van der Waals surface area contributed by atoms with Gasteiger partial charge in [-0.3, -0.25) is 9.98 Å². The second-order valence-corrected chi connectivity index (χ2v) is 10.1. The summed E-state index contributed by atoms with van der Waals surface area (Å²) in [6.07, 6.45) is 1.87. The van der Waals surface area contributed by atoms with Crippen molar-refractivity contribution in [2.75, 3.05) is 6.54 Å². The molecular weight excluding hydrogens is 444 g/mol. The quantitative estimate of drug-likeness (QED) is 0.485. The smallest absolute Gasteiger partial charge is 0.160 e. The zero-order chi connectivity index (χ0) is 20.1. The van der Waals surface area contributed by atoms with Crippen LogP contribution in [0.2, 0.25) is 0 Å². The highest BCUT2D eigenvalue weighted by atomic mass is 79.9. The number of benzene rings is 1. The van der Waals surface area contributed by atoms with E-state index in [1.54, 1.807) is 0 Å². The van der Waals surface area contributed by atoms with E-state index in [-0.39, 0.29) is 12.1 Å². The lowest BCUT2D eigenvalue weighted by molar-refractivity contribution is 0.320. The number of aliphatic imine (C=N–C) groups is 1. The number of nitrogens with zero attached hydrogens (tertiary/aromatic N) is 4. The second-order valence-electron chi connectivity index (χ2n) is 7.78. The highest BCUT2D eigenvalue weighted by Crippen LogP contribution is 2.48. The highest BCUT2D eigenvalue weighted by Gasteiger charge is 2.44. The number of rotatable bonds is 3. The van der Waals surface area contributed by atoms with E-state index in [1.807, 2.05) is 24.0 Å². The first-order chi connectivity index (χ1) is 14.0. The lowest BCUT2D eigenvalue weighted by atomic mass is 9.96. The number of hydrogen-bond donors (Lipinski definition) is 0. The van der Waals surface area contributed by atoms with Crippen LogP contribution in [0, 0.1) is 13.8 Å². The summed E-state index contributed by atoms with van der Waals surface area (Å²) in [5, 5.41) is 1.72. The third kappa shape index (κ3) is 3.22. The fourth-order valence-corrected chi connectivity index (χ4v) is 5.89. The van der Waals surface area contributed by atoms with Gasteiger partial charge in [-0.2, -0.15) is 0 Å². The third-order valence-electron chi connectivity index (χ3n) is 5.76. The molecule has 29 heavy (non-hydrogen) atoms. The average molecular weight is 467 g/mol. The number of halogens is 1. The van der Waals surface area contributed by atoms with E-state index >= 15 is 0 Å². The molecule has 6 heteroatoms. The Kier molecular flexibility index (Phi) is 4.79. The lowest BCUT2D eigenvalue weighted by Gasteiger charge is -2.27. The van der Waals surface area contributed by atoms with E-state index in [1.165, 1.54) is 22.6 Å². The maximum absolute atomic E-state index is 5.12. The summed E-state index contributed by atoms with van der Waals surface area (Å²) < 4.78 is 3.44. The van der Waals surface area contributed by atoms with Crippen molar-refractivity contribution in [1.82, 2.24) is 14.5 Å². The van der Waals surface area contributed by atoms with Gasteiger partial charge in [0.25, 0.3) is 0 Å². The molecule has 0 N–H and O–H groups in total. The number of amidine groups is 1. The number of aromatic nitrogens is 2. The van der Waals surface area contributed by atoms with Gasteiger partial charge in [-0.05, 0) is 61.9 Å². The van der Waals surface area contributed by atoms with Crippen LogP contribution in [0.1, 0.15) is 41.7 Å². The summed E-state index contributed by atoms with van der Waals surface area (Å²) in [5.41, 5.74) is 6.09. The Morgan fingerprint density at radius 3 is 2.62 bits per heavy atom. The minimum absolute atomic E-state index is 0.0325. The minimum atomic E-state index is 0.0325. The summed E-state index contributed by atoms with van der Waals surface area (Å²) in [5.74, 6) is 0. The Balaban J connectivity index is 1.62. The van der Waals surface area contributed by atoms with Gasteiger partial charge >= 0.3 is 0 Å². The van der Waals surface area contributed by atoms with Crippen molar-refractivity contribution in [1.29, 1.82) is 0 Å². The molecule has 0 aliphatic carbocycles. The van der Waals surface area contributed by atoms with Gasteiger partial charge in [0.2, 0.25) is 0 Å². The molecule has 1 aromatic carbocycles. The molecule has 1 fully saturated rings. The second kappa shape index (κ2) is 7.33. The van der Waals surface area contributed by atoms with E-state index in [2.05, 4.69) is 93.6 Å². The number of fused-ring (bicyclic) bond motifs is 1. The zero-order valence-corrected chi connectivity index (χ0v) is 19.1. The molecule has 0 spiro atoms. The molecule has 3 aromatic rings. The van der Waals surface area contributed by atoms with Crippen LogP contribution in [0.4, 0.5) is 0 Å². The van der Waals surface area contributed by atoms with Crippen LogP contribution in [-0.2, 0) is 0 Å². The number of pyridine rings is 1. The molecule has 4 nitrogen and oxygen atoms in total. The van der Waals surface area contributed by atoms with Crippen LogP contribution in [0.15, 0.2) is 64.2 Å². The molecule has 2 aliphatic rings. The molecule has 0 amide bonds. The standard InChI is InChI=1S/C23H23BrN4S/c1-14-12-19(16(3)28(14)18-9-7-17(24)8-10-18)22-21(20-6-4-5-11-25-20)26-23-27(22)13-15(2)29-23/h4-12,15,21-22H,13H2,1-3H3/t15-,21-,22-/m0/s1. The molecule has 0 saturated carbocycles. The normalized spacial score (nSPS) is 23.4. The monoisotopic (exact) mass is 466 g/mol. The molecule has 0 radical (unpaired) electrons. The third-order valence-corrected chi connectivity index (χ3v) is 7.39. The van der Waals surface area contributed by atoms with E-state index in [0.717, 1.165) is 21.9 Å². The van der Waals surface area contributed by atoms with Gasteiger partial charge in [0.15, 0.2) is 5.17 Å². The Labute approximate surface area is 184 Å². The largest absolute Gasteiger partial charge is 0.341 e. The van der Waals surface area contributed by atoms with Crippen molar-refractivity contribution in [3.63, 3.8) is 0 Å². The van der Waals surface area contributed by atoms with Crippen LogP contribution < -0.4 is 0 Å². The fourth-order valence-electron chi connectivity index (χ4n) is 4.53. The van der Waals surface area contributed by atoms with Crippen molar-refractivity contribution < 1.29 is 0 Å². The molecular formula is C23H23BrN4S. The maximum Gasteiger partial charge on any atom is 0.160 e. The number of aryl methyl sites for hydroxylation is 1. The van der Waals surface area contributed by atoms with Gasteiger partial charge in [-0.25, -0.2) is 0 Å². The first kappa shape index (κ1) is 18.9. The van der Waals surface area contributed by atoms with Gasteiger partial charge in [0.1, 0.15) is 6.04 Å². The van der Waals surface area contributed by atoms with Crippen LogP contribution >= 0.6 is 27.7 Å². The fraction of sp³-hybridized carbons (Fsp3) is 0.304. The molecule has 4 heterocycles. The van der Waals surface area contributed by atoms with E-state index in [0.29, 0.717) is 5.25 Å². The average Bonchev–Trinajstić information content (AvgIpc) is 3.33. The first-order valence-electron chi connectivity index (χ1n) is 9.89. The Morgan fingerprint density at radius 1 is 1.10 bits per heavy atom. The molecule has 2 aliphatic heterocycles. The van der Waals surface area contributed by atoms with Crippen molar-refractivity contribution in [2.45, 2.75) is 38.1 Å². The van der Waals surface area contributed by atoms with E-state index in [4.69, 9.17) is 4.99 Å². The van der Waals surface area contributed by atoms with Gasteiger partial charge in [0.05, 0.1) is 11.7 Å². The lowest BCUT2D eigenvalue weighted by Crippen LogP contribution is -2.28. The van der Waals surface area contributed by atoms with Crippen molar-refractivity contribution in [2.24, 2.45) is 4.99 Å². The van der Waals surface area contributed by atoms with Gasteiger partial charge in [-0.1, -0.05) is 40.7 Å². The van der Waals surface area contributed by atoms with Gasteiger partial charge in [0, 0.05) is 39.5 Å². The Hall–Kier alpha value is -2.05. The van der Waals surface area contributed by atoms with E-state index in [9.17, 15) is 0 Å². The molecule has 3 atom stereocenters. The van der Waals surface area contributed by atoms with Crippen molar-refractivity contribution in [3.8, 4) is 5.69 Å². The zero-order valence-electron chi connectivity index (χ0n) is 16.7. The molecule has 148 valence electrons. The van der Waals surface area contributed by atoms with Crippen LogP contribution in [0.3, 0.4) is 0 Å². The maximum atomic E-state index is 5.12. The van der Waals surface area contributed by atoms with Gasteiger partial charge in [-0.15, -0.1) is 0 Å². The summed E-state index contributed by atoms with van der Waals surface area (Å²) in [4.78, 5) is 12.3. The summed E-state index contributed by atoms with van der Waals surface area (Å²) in [6.45, 7) is 7.72. The van der Waals surface area contributed by atoms with E-state index < -0.39 is 0 Å². The predicted molar refractivity (Wildman–Crippen MR) is 124 cm³/mol. The Morgan fingerprint density at radius 2 is 1.90 bits per heavy atom. The SMILES string of the molecule is Cc1cc([C@H]2[C@H](c3ccccn3)N=C3S[C@@H](C)CN32)c(C)n1-c1ccc(Br)cc1. The molecule has 5 rings (SSSR count). The predicted octanol–water partition coefficient (Wildman–Crippen LogP) is 5.84. The molecule has 0 unspecified atom stereocenters. The number of hydrogen-bond acceptors (Lipinski definition) is 4. The van der Waals surface area contributed by atoms with Crippen molar-refractivity contribution in [3.05, 3.63) is 81.8 Å². The topological polar surface area (TPSA) is 33.4 Å². The van der Waals surface area contributed by atoms with Crippen LogP contribution in [-0.4, -0.2) is 31.4 Å².